The first-order valence-electron chi connectivity index (χ1n) is 10.6. The molecule has 0 aliphatic heterocycles. The standard InChI is InChI=1S/C25H25N3O7/c1-16(29)34-23-13-20(33-2)14-24(35-19-10-8-18(9-11-19)28(31)32)21(23)15-27-22(25(26)30)12-17-6-4-3-5-7-17/h3-11,13-14,22,27H,12,15H2,1-2H3,(H2,26,30)/t22-/m0/s1. The number of carbonyl (C=O) groups is 2. The van der Waals surface area contributed by atoms with Gasteiger partial charge in [0.25, 0.3) is 5.69 Å². The molecule has 0 heterocycles. The van der Waals surface area contributed by atoms with Gasteiger partial charge in [-0.1, -0.05) is 30.3 Å². The highest BCUT2D eigenvalue weighted by Crippen LogP contribution is 2.37. The number of ether oxygens (including phenoxy) is 3. The Balaban J connectivity index is 1.93. The van der Waals surface area contributed by atoms with Crippen molar-refractivity contribution < 1.29 is 28.7 Å². The molecule has 0 fully saturated rings. The number of nitrogens with zero attached hydrogens (tertiary/aromatic N) is 1. The molecule has 0 radical (unpaired) electrons. The predicted molar refractivity (Wildman–Crippen MR) is 127 cm³/mol. The lowest BCUT2D eigenvalue weighted by Crippen LogP contribution is -2.42. The molecule has 3 N–H and O–H groups in total. The van der Waals surface area contributed by atoms with Crippen LogP contribution < -0.4 is 25.3 Å². The summed E-state index contributed by atoms with van der Waals surface area (Å²) in [6.45, 7) is 1.32. The predicted octanol–water partition coefficient (Wildman–Crippen LogP) is 3.51. The second-order valence-corrected chi connectivity index (χ2v) is 7.57. The van der Waals surface area contributed by atoms with Gasteiger partial charge in [0.05, 0.1) is 23.6 Å². The maximum Gasteiger partial charge on any atom is 0.308 e. The van der Waals surface area contributed by atoms with E-state index in [0.29, 0.717) is 23.5 Å². The number of nitro groups is 1. The highest BCUT2D eigenvalue weighted by Gasteiger charge is 2.21. The first-order chi connectivity index (χ1) is 16.8. The van der Waals surface area contributed by atoms with Crippen LogP contribution in [0.5, 0.6) is 23.0 Å². The molecule has 0 bridgehead atoms. The molecule has 182 valence electrons. The Hall–Kier alpha value is -4.44. The van der Waals surface area contributed by atoms with Gasteiger partial charge >= 0.3 is 5.97 Å². The molecule has 0 aliphatic rings. The zero-order valence-corrected chi connectivity index (χ0v) is 19.2. The third-order valence-corrected chi connectivity index (χ3v) is 5.06. The highest BCUT2D eigenvalue weighted by molar-refractivity contribution is 5.80. The minimum Gasteiger partial charge on any atom is -0.496 e. The van der Waals surface area contributed by atoms with Gasteiger partial charge in [-0.15, -0.1) is 0 Å². The molecule has 3 aromatic rings. The van der Waals surface area contributed by atoms with Crippen LogP contribution in [0.15, 0.2) is 66.7 Å². The Kier molecular flexibility index (Phi) is 8.36. The summed E-state index contributed by atoms with van der Waals surface area (Å²) < 4.78 is 16.7. The minimum absolute atomic E-state index is 0.0648. The molecule has 1 amide bonds. The first kappa shape index (κ1) is 25.2. The number of benzene rings is 3. The van der Waals surface area contributed by atoms with Gasteiger partial charge in [0.1, 0.15) is 23.0 Å². The van der Waals surface area contributed by atoms with Crippen LogP contribution in [0.4, 0.5) is 5.69 Å². The van der Waals surface area contributed by atoms with E-state index in [4.69, 9.17) is 19.9 Å². The fourth-order valence-corrected chi connectivity index (χ4v) is 3.34. The van der Waals surface area contributed by atoms with E-state index in [9.17, 15) is 19.7 Å². The Morgan fingerprint density at radius 3 is 2.26 bits per heavy atom. The summed E-state index contributed by atoms with van der Waals surface area (Å²) in [5.74, 6) is 0.00658. The Bertz CT molecular complexity index is 1200. The number of nitrogens with two attached hydrogens (primary N) is 1. The fourth-order valence-electron chi connectivity index (χ4n) is 3.34. The Morgan fingerprint density at radius 2 is 1.69 bits per heavy atom. The number of carbonyl (C=O) groups excluding carboxylic acids is 2. The largest absolute Gasteiger partial charge is 0.496 e. The van der Waals surface area contributed by atoms with Gasteiger partial charge in [-0.05, 0) is 24.1 Å². The minimum atomic E-state index is -0.711. The maximum absolute atomic E-state index is 12.1. The Morgan fingerprint density at radius 1 is 1.03 bits per heavy atom. The average molecular weight is 479 g/mol. The Labute approximate surface area is 201 Å². The van der Waals surface area contributed by atoms with Gasteiger partial charge in [-0.3, -0.25) is 19.7 Å². The normalized spacial score (nSPS) is 11.4. The van der Waals surface area contributed by atoms with Crippen LogP contribution in [-0.2, 0) is 22.6 Å². The number of nitro benzene ring substituents is 1. The van der Waals surface area contributed by atoms with Crippen molar-refractivity contribution in [3.05, 3.63) is 88.0 Å². The van der Waals surface area contributed by atoms with Gasteiger partial charge in [-0.2, -0.15) is 0 Å². The van der Waals surface area contributed by atoms with E-state index in [1.165, 1.54) is 44.4 Å². The number of amides is 1. The van der Waals surface area contributed by atoms with E-state index in [2.05, 4.69) is 5.32 Å². The lowest BCUT2D eigenvalue weighted by Gasteiger charge is -2.20. The van der Waals surface area contributed by atoms with Gasteiger partial charge < -0.3 is 25.3 Å². The van der Waals surface area contributed by atoms with Gasteiger partial charge in [0.2, 0.25) is 5.91 Å². The molecule has 0 aromatic heterocycles. The summed E-state index contributed by atoms with van der Waals surface area (Å²) >= 11 is 0. The summed E-state index contributed by atoms with van der Waals surface area (Å²) in [5.41, 5.74) is 6.88. The van der Waals surface area contributed by atoms with Crippen LogP contribution in [0.1, 0.15) is 18.1 Å². The monoisotopic (exact) mass is 479 g/mol. The van der Waals surface area contributed by atoms with Crippen LogP contribution in [0.3, 0.4) is 0 Å². The van der Waals surface area contributed by atoms with Crippen LogP contribution >= 0.6 is 0 Å². The number of methoxy groups -OCH3 is 1. The molecule has 0 aliphatic carbocycles. The summed E-state index contributed by atoms with van der Waals surface area (Å²) in [5, 5.41) is 14.1. The number of nitrogens with one attached hydrogen (secondary N) is 1. The summed E-state index contributed by atoms with van der Waals surface area (Å²) in [6, 6.07) is 17.3. The van der Waals surface area contributed by atoms with Crippen molar-refractivity contribution >= 4 is 17.6 Å². The lowest BCUT2D eigenvalue weighted by molar-refractivity contribution is -0.384. The fraction of sp³-hybridized carbons (Fsp3) is 0.200. The molecule has 10 heteroatoms. The summed E-state index contributed by atoms with van der Waals surface area (Å²) in [6.07, 6.45) is 0.355. The van der Waals surface area contributed by atoms with E-state index in [1.807, 2.05) is 30.3 Å². The van der Waals surface area contributed by atoms with Crippen LogP contribution in [0.2, 0.25) is 0 Å². The lowest BCUT2D eigenvalue weighted by atomic mass is 10.0. The van der Waals surface area contributed by atoms with Gasteiger partial charge in [-0.25, -0.2) is 0 Å². The molecule has 35 heavy (non-hydrogen) atoms. The SMILES string of the molecule is COc1cc(OC(C)=O)c(CN[C@@H](Cc2ccccc2)C(N)=O)c(Oc2ccc([N+](=O)[O-])cc2)c1. The van der Waals surface area contributed by atoms with Crippen LogP contribution in [0.25, 0.3) is 0 Å². The van der Waals surface area contributed by atoms with E-state index in [0.717, 1.165) is 5.56 Å². The maximum atomic E-state index is 12.1. The first-order valence-corrected chi connectivity index (χ1v) is 10.6. The summed E-state index contributed by atoms with van der Waals surface area (Å²) in [4.78, 5) is 34.3. The molecule has 1 atom stereocenters. The molecule has 0 saturated heterocycles. The number of primary amides is 1. The molecular formula is C25H25N3O7. The highest BCUT2D eigenvalue weighted by atomic mass is 16.6. The van der Waals surface area contributed by atoms with E-state index < -0.39 is 22.8 Å². The third-order valence-electron chi connectivity index (χ3n) is 5.06. The molecule has 10 nitrogen and oxygen atoms in total. The molecule has 0 saturated carbocycles. The average Bonchev–Trinajstić information content (AvgIpc) is 2.83. The van der Waals surface area contributed by atoms with Crippen molar-refractivity contribution in [2.75, 3.05) is 7.11 Å². The second kappa shape index (κ2) is 11.6. The van der Waals surface area contributed by atoms with Crippen molar-refractivity contribution in [1.82, 2.24) is 5.32 Å². The zero-order chi connectivity index (χ0) is 25.4. The number of hydrogen-bond donors (Lipinski definition) is 2. The van der Waals surface area contributed by atoms with Crippen molar-refractivity contribution in [2.45, 2.75) is 25.9 Å². The number of non-ortho nitro benzene ring substituents is 1. The van der Waals surface area contributed by atoms with Crippen LogP contribution in [0, 0.1) is 10.1 Å². The van der Waals surface area contributed by atoms with E-state index >= 15 is 0 Å². The third kappa shape index (κ3) is 7.02. The molecule has 3 rings (SSSR count). The second-order valence-electron chi connectivity index (χ2n) is 7.57. The van der Waals surface area contributed by atoms with E-state index in [1.54, 1.807) is 6.07 Å². The van der Waals surface area contributed by atoms with Crippen molar-refractivity contribution in [1.29, 1.82) is 0 Å². The number of rotatable bonds is 11. The van der Waals surface area contributed by atoms with Gasteiger partial charge in [0.15, 0.2) is 0 Å². The van der Waals surface area contributed by atoms with Crippen LogP contribution in [-0.4, -0.2) is 30.0 Å². The van der Waals surface area contributed by atoms with Crippen molar-refractivity contribution in [3.8, 4) is 23.0 Å². The van der Waals surface area contributed by atoms with Gasteiger partial charge in [0, 0.05) is 37.7 Å². The zero-order valence-electron chi connectivity index (χ0n) is 19.2. The number of hydrogen-bond acceptors (Lipinski definition) is 8. The van der Waals surface area contributed by atoms with Crippen molar-refractivity contribution in [3.63, 3.8) is 0 Å². The van der Waals surface area contributed by atoms with Crippen molar-refractivity contribution in [2.24, 2.45) is 5.73 Å². The molecule has 0 spiro atoms. The van der Waals surface area contributed by atoms with E-state index in [-0.39, 0.29) is 23.7 Å². The quantitative estimate of drug-likeness (QED) is 0.184. The molecule has 0 unspecified atom stereocenters. The summed E-state index contributed by atoms with van der Waals surface area (Å²) in [7, 11) is 1.45. The smallest absolute Gasteiger partial charge is 0.308 e. The topological polar surface area (TPSA) is 143 Å². The molecular weight excluding hydrogens is 454 g/mol. The number of esters is 1. The molecule has 3 aromatic carbocycles.